The predicted octanol–water partition coefficient (Wildman–Crippen LogP) is -6.95. The molecule has 37 heavy (non-hydrogen) atoms. The van der Waals surface area contributed by atoms with Crippen LogP contribution in [0.4, 0.5) is 0 Å². The standard InChI is InChI=1S/C26H24B8O3/c27-17-14(13-9-5-1-3-7-11(9)24(34(35)36)12-8-4-2-6-10(12)13)18(28)22(32)25-15(17)16-19(29)20(30)21(31)23(33)26(16)37-25/h1-8,35-36H,27-33H2. The number of hydrogen-bond donors (Lipinski definition) is 2. The van der Waals surface area contributed by atoms with E-state index in [1.165, 1.54) is 49.1 Å². The summed E-state index contributed by atoms with van der Waals surface area (Å²) < 4.78 is 6.64. The molecule has 5 aromatic carbocycles. The van der Waals surface area contributed by atoms with Gasteiger partial charge in [-0.1, -0.05) is 81.3 Å². The summed E-state index contributed by atoms with van der Waals surface area (Å²) in [7, 11) is 13.7. The largest absolute Gasteiger partial charge is 0.489 e. The molecule has 1 heterocycles. The van der Waals surface area contributed by atoms with Crippen LogP contribution in [0.2, 0.25) is 0 Å². The summed E-state index contributed by atoms with van der Waals surface area (Å²) in [6.07, 6.45) is 0. The zero-order valence-corrected chi connectivity index (χ0v) is 22.5. The molecular formula is C26H24B8O3. The summed E-state index contributed by atoms with van der Waals surface area (Å²) in [6.45, 7) is 0. The summed E-state index contributed by atoms with van der Waals surface area (Å²) in [5.41, 5.74) is 13.4. The first-order valence-electron chi connectivity index (χ1n) is 12.9. The monoisotopic (exact) mass is 472 g/mol. The third-order valence-corrected chi connectivity index (χ3v) is 8.82. The minimum absolute atomic E-state index is 0.550. The van der Waals surface area contributed by atoms with E-state index in [0.717, 1.165) is 43.7 Å². The Kier molecular flexibility index (Phi) is 5.52. The first-order chi connectivity index (χ1) is 17.6. The van der Waals surface area contributed by atoms with E-state index < -0.39 is 7.12 Å². The first kappa shape index (κ1) is 24.2. The van der Waals surface area contributed by atoms with Crippen molar-refractivity contribution in [1.29, 1.82) is 0 Å². The van der Waals surface area contributed by atoms with Crippen molar-refractivity contribution in [3.8, 4) is 11.1 Å². The molecule has 0 aliphatic carbocycles. The van der Waals surface area contributed by atoms with Crippen molar-refractivity contribution in [2.75, 3.05) is 0 Å². The highest BCUT2D eigenvalue weighted by molar-refractivity contribution is 6.69. The van der Waals surface area contributed by atoms with Gasteiger partial charge in [-0.15, -0.1) is 5.46 Å². The summed E-state index contributed by atoms with van der Waals surface area (Å²) in [5, 5.41) is 27.0. The smallest absolute Gasteiger partial charge is 0.457 e. The highest BCUT2D eigenvalue weighted by atomic mass is 16.4. The maximum Gasteiger partial charge on any atom is 0.489 e. The molecule has 11 heteroatoms. The molecular weight excluding hydrogens is 447 g/mol. The van der Waals surface area contributed by atoms with Gasteiger partial charge in [-0.25, -0.2) is 0 Å². The Hall–Kier alpha value is -3.14. The van der Waals surface area contributed by atoms with E-state index in [9.17, 15) is 10.0 Å². The number of hydrogen-bond acceptors (Lipinski definition) is 3. The van der Waals surface area contributed by atoms with Gasteiger partial charge in [0, 0.05) is 10.8 Å². The van der Waals surface area contributed by atoms with E-state index in [-0.39, 0.29) is 0 Å². The molecule has 2 N–H and O–H groups in total. The number of fused-ring (bicyclic) bond motifs is 5. The molecule has 0 saturated heterocycles. The quantitative estimate of drug-likeness (QED) is 0.195. The number of rotatable bonds is 2. The lowest BCUT2D eigenvalue weighted by Gasteiger charge is -2.22. The summed E-state index contributed by atoms with van der Waals surface area (Å²) >= 11 is 0. The molecule has 0 fully saturated rings. The van der Waals surface area contributed by atoms with Crippen LogP contribution < -0.4 is 43.7 Å². The van der Waals surface area contributed by atoms with Crippen LogP contribution in [0.25, 0.3) is 54.6 Å². The van der Waals surface area contributed by atoms with Crippen LogP contribution in [0.1, 0.15) is 0 Å². The second kappa shape index (κ2) is 8.44. The number of benzene rings is 5. The van der Waals surface area contributed by atoms with Crippen LogP contribution in [0.15, 0.2) is 52.9 Å². The highest BCUT2D eigenvalue weighted by Crippen LogP contribution is 2.35. The normalized spacial score (nSPS) is 11.7. The Bertz CT molecular complexity index is 1890. The molecule has 0 unspecified atom stereocenters. The molecule has 0 saturated carbocycles. The van der Waals surface area contributed by atoms with Gasteiger partial charge in [0.15, 0.2) is 0 Å². The predicted molar refractivity (Wildman–Crippen MR) is 181 cm³/mol. The Balaban J connectivity index is 1.90. The molecule has 6 aromatic rings. The lowest BCUT2D eigenvalue weighted by atomic mass is 9.64. The van der Waals surface area contributed by atoms with Gasteiger partial charge in [-0.05, 0) is 38.1 Å². The Labute approximate surface area is 223 Å². The third-order valence-electron chi connectivity index (χ3n) is 8.82. The van der Waals surface area contributed by atoms with Crippen LogP contribution in [0.3, 0.4) is 0 Å². The van der Waals surface area contributed by atoms with Gasteiger partial charge < -0.3 is 14.5 Å². The van der Waals surface area contributed by atoms with Crippen molar-refractivity contribution in [3.63, 3.8) is 0 Å². The van der Waals surface area contributed by atoms with Gasteiger partial charge in [0.25, 0.3) is 0 Å². The topological polar surface area (TPSA) is 53.6 Å². The minimum Gasteiger partial charge on any atom is -0.457 e. The average molecular weight is 471 g/mol. The van der Waals surface area contributed by atoms with Crippen molar-refractivity contribution >= 4 is 149 Å². The SMILES string of the molecule is Bc1c(B)c(B)c2c(oc3c(B)c(B)c(-c4c5ccccc5c(B(O)O)c5ccccc45)c(B)c32)c1B. The summed E-state index contributed by atoms with van der Waals surface area (Å²) in [4.78, 5) is 0. The first-order valence-corrected chi connectivity index (χ1v) is 12.9. The maximum absolute atomic E-state index is 10.4. The summed E-state index contributed by atoms with van der Waals surface area (Å²) in [6, 6.07) is 16.1. The van der Waals surface area contributed by atoms with E-state index in [1.807, 2.05) is 36.4 Å². The van der Waals surface area contributed by atoms with E-state index in [4.69, 9.17) is 4.42 Å². The van der Waals surface area contributed by atoms with Gasteiger partial charge >= 0.3 is 7.12 Å². The van der Waals surface area contributed by atoms with Crippen molar-refractivity contribution in [2.45, 2.75) is 0 Å². The van der Waals surface area contributed by atoms with Gasteiger partial charge in [0.05, 0.1) is 0 Å². The number of furan rings is 1. The Morgan fingerprint density at radius 1 is 0.486 bits per heavy atom. The molecule has 0 atom stereocenters. The maximum atomic E-state index is 10.4. The molecule has 170 valence electrons. The van der Waals surface area contributed by atoms with Gasteiger partial charge in [0.1, 0.15) is 66.1 Å². The Morgan fingerprint density at radius 3 is 1.43 bits per heavy atom. The second-order valence-electron chi connectivity index (χ2n) is 10.5. The van der Waals surface area contributed by atoms with Gasteiger partial charge in [-0.2, -0.15) is 0 Å². The van der Waals surface area contributed by atoms with Crippen molar-refractivity contribution in [2.24, 2.45) is 0 Å². The molecule has 6 rings (SSSR count). The lowest BCUT2D eigenvalue weighted by Crippen LogP contribution is -2.47. The van der Waals surface area contributed by atoms with E-state index in [2.05, 4.69) is 67.1 Å². The van der Waals surface area contributed by atoms with E-state index in [1.54, 1.807) is 0 Å². The molecule has 0 aliphatic heterocycles. The summed E-state index contributed by atoms with van der Waals surface area (Å²) in [5.74, 6) is 0. The second-order valence-corrected chi connectivity index (χ2v) is 10.5. The lowest BCUT2D eigenvalue weighted by molar-refractivity contribution is 0.426. The molecule has 1 aromatic heterocycles. The molecule has 0 amide bonds. The zero-order valence-electron chi connectivity index (χ0n) is 22.5. The van der Waals surface area contributed by atoms with Crippen LogP contribution in [-0.4, -0.2) is 72.1 Å². The molecule has 0 radical (unpaired) electrons. The zero-order chi connectivity index (χ0) is 26.3. The van der Waals surface area contributed by atoms with Crippen LogP contribution in [-0.2, 0) is 0 Å². The highest BCUT2D eigenvalue weighted by Gasteiger charge is 2.26. The average Bonchev–Trinajstić information content (AvgIpc) is 3.30. The molecule has 3 nitrogen and oxygen atoms in total. The fraction of sp³-hybridized carbons (Fsp3) is 0. The van der Waals surface area contributed by atoms with Crippen molar-refractivity contribution < 1.29 is 14.5 Å². The van der Waals surface area contributed by atoms with Gasteiger partial charge in [0.2, 0.25) is 0 Å². The fourth-order valence-corrected chi connectivity index (χ4v) is 6.44. The Morgan fingerprint density at radius 2 is 0.919 bits per heavy atom. The van der Waals surface area contributed by atoms with Crippen molar-refractivity contribution in [1.82, 2.24) is 0 Å². The fourth-order valence-electron chi connectivity index (χ4n) is 6.44. The van der Waals surface area contributed by atoms with E-state index in [0.29, 0.717) is 5.46 Å². The minimum atomic E-state index is -1.56. The molecule has 0 aliphatic rings. The molecule has 0 spiro atoms. The van der Waals surface area contributed by atoms with Crippen LogP contribution in [0, 0.1) is 0 Å². The van der Waals surface area contributed by atoms with Gasteiger partial charge in [-0.3, -0.25) is 0 Å². The van der Waals surface area contributed by atoms with Crippen LogP contribution in [0.5, 0.6) is 0 Å². The third kappa shape index (κ3) is 3.20. The molecule has 0 bridgehead atoms. The van der Waals surface area contributed by atoms with E-state index >= 15 is 0 Å². The van der Waals surface area contributed by atoms with Crippen molar-refractivity contribution in [3.05, 3.63) is 48.5 Å². The van der Waals surface area contributed by atoms with Crippen LogP contribution >= 0.6 is 0 Å².